The van der Waals surface area contributed by atoms with Crippen LogP contribution in [-0.2, 0) is 19.1 Å². The summed E-state index contributed by atoms with van der Waals surface area (Å²) in [6.45, 7) is 8.89. The molecule has 160 valence electrons. The first-order valence-corrected chi connectivity index (χ1v) is 14.4. The second kappa shape index (κ2) is 22.0. The molecule has 0 aromatic rings. The first kappa shape index (κ1) is 28.9. The van der Waals surface area contributed by atoms with Crippen LogP contribution < -0.4 is 0 Å². The molecule has 0 bridgehead atoms. The van der Waals surface area contributed by atoms with Gasteiger partial charge in [-0.3, -0.25) is 0 Å². The molecule has 0 aromatic heterocycles. The van der Waals surface area contributed by atoms with Gasteiger partial charge >= 0.3 is 81.5 Å². The van der Waals surface area contributed by atoms with Gasteiger partial charge in [-0.05, 0) is 12.8 Å². The number of rotatable bonds is 17. The van der Waals surface area contributed by atoms with Gasteiger partial charge in [-0.2, -0.15) is 0 Å². The molecule has 6 nitrogen and oxygen atoms in total. The Morgan fingerprint density at radius 1 is 0.704 bits per heavy atom. The monoisotopic (exact) mass is 496 g/mol. The molecule has 0 rings (SSSR count). The molecule has 0 amide bonds. The topological polar surface area (TPSA) is 93.1 Å². The van der Waals surface area contributed by atoms with Crippen molar-refractivity contribution in [3.63, 3.8) is 0 Å². The third-order valence-corrected chi connectivity index (χ3v) is 7.80. The average molecular weight is 495 g/mol. The van der Waals surface area contributed by atoms with Gasteiger partial charge in [0.15, 0.2) is 12.2 Å². The molecule has 27 heavy (non-hydrogen) atoms. The van der Waals surface area contributed by atoms with E-state index in [0.29, 0.717) is 12.8 Å². The molecule has 7 heteroatoms. The van der Waals surface area contributed by atoms with E-state index in [1.807, 2.05) is 13.8 Å². The summed E-state index contributed by atoms with van der Waals surface area (Å²) in [5.74, 6) is -2.62. The fourth-order valence-electron chi connectivity index (χ4n) is 2.01. The first-order valence-electron chi connectivity index (χ1n) is 10.4. The van der Waals surface area contributed by atoms with Gasteiger partial charge in [-0.25, -0.2) is 9.59 Å². The zero-order valence-electron chi connectivity index (χ0n) is 17.7. The van der Waals surface area contributed by atoms with Crippen molar-refractivity contribution in [2.24, 2.45) is 0 Å². The molecule has 0 aromatic carbocycles. The van der Waals surface area contributed by atoms with E-state index in [-0.39, 0.29) is 34.4 Å². The van der Waals surface area contributed by atoms with Crippen LogP contribution in [0.2, 0.25) is 8.87 Å². The summed E-state index contributed by atoms with van der Waals surface area (Å²) in [7, 11) is 0. The number of hydrogen-bond donors (Lipinski definition) is 2. The molecule has 0 spiro atoms. The number of ether oxygens (including phenoxy) is 2. The van der Waals surface area contributed by atoms with Crippen molar-refractivity contribution >= 4 is 33.1 Å². The van der Waals surface area contributed by atoms with Gasteiger partial charge in [0, 0.05) is 13.2 Å². The summed E-state index contributed by atoms with van der Waals surface area (Å²) >= 11 is 0.149. The molecular weight excluding hydrogens is 455 g/mol. The fraction of sp³-hybridized carbons (Fsp3) is 0.900. The minimum absolute atomic E-state index is 0.149. The van der Waals surface area contributed by atoms with Crippen molar-refractivity contribution in [3.8, 4) is 0 Å². The van der Waals surface area contributed by atoms with Crippen LogP contribution in [0.4, 0.5) is 0 Å². The van der Waals surface area contributed by atoms with Crippen molar-refractivity contribution in [2.75, 3.05) is 13.2 Å². The van der Waals surface area contributed by atoms with Crippen LogP contribution >= 0.6 is 0 Å². The summed E-state index contributed by atoms with van der Waals surface area (Å²) in [6, 6.07) is 0. The zero-order valence-corrected chi connectivity index (χ0v) is 20.5. The van der Waals surface area contributed by atoms with Gasteiger partial charge in [-0.15, -0.1) is 0 Å². The summed E-state index contributed by atoms with van der Waals surface area (Å²) in [5.41, 5.74) is 0. The molecule has 0 aliphatic rings. The van der Waals surface area contributed by atoms with E-state index in [1.165, 1.54) is 25.7 Å². The molecule has 0 aliphatic carbocycles. The Kier molecular flexibility index (Phi) is 23.5. The maximum absolute atomic E-state index is 11.0. The van der Waals surface area contributed by atoms with Crippen molar-refractivity contribution in [1.82, 2.24) is 0 Å². The van der Waals surface area contributed by atoms with Crippen LogP contribution in [0.1, 0.15) is 79.1 Å². The Morgan fingerprint density at radius 2 is 1.04 bits per heavy atom. The van der Waals surface area contributed by atoms with Gasteiger partial charge in [0.05, 0.1) is 0 Å². The molecule has 2 N–H and O–H groups in total. The van der Waals surface area contributed by atoms with Crippen LogP contribution in [-0.4, -0.2) is 68.7 Å². The van der Waals surface area contributed by atoms with Crippen molar-refractivity contribution < 1.29 is 29.3 Å². The SMILES string of the molecule is CCCCOC(C(=O)O)C(OCCCC)C(=O)O.CCC[CH2][Sn][CH2]CCC. The van der Waals surface area contributed by atoms with Gasteiger partial charge in [0.2, 0.25) is 0 Å². The van der Waals surface area contributed by atoms with E-state index in [2.05, 4.69) is 13.8 Å². The Morgan fingerprint density at radius 3 is 1.30 bits per heavy atom. The van der Waals surface area contributed by atoms with Crippen LogP contribution in [0.3, 0.4) is 0 Å². The molecule has 2 unspecified atom stereocenters. The number of hydrogen-bond acceptors (Lipinski definition) is 4. The van der Waals surface area contributed by atoms with E-state index in [1.54, 1.807) is 8.87 Å². The molecule has 2 atom stereocenters. The molecular formula is C20H40O6Sn. The van der Waals surface area contributed by atoms with E-state index in [9.17, 15) is 9.59 Å². The van der Waals surface area contributed by atoms with Crippen LogP contribution in [0.15, 0.2) is 0 Å². The Balaban J connectivity index is 0. The summed E-state index contributed by atoms with van der Waals surface area (Å²) in [6.07, 6.45) is 6.00. The van der Waals surface area contributed by atoms with Gasteiger partial charge < -0.3 is 19.7 Å². The summed E-state index contributed by atoms with van der Waals surface area (Å²) < 4.78 is 13.4. The molecule has 0 saturated heterocycles. The molecule has 2 radical (unpaired) electrons. The minimum atomic E-state index is -1.45. The maximum atomic E-state index is 11.0. The predicted octanol–water partition coefficient (Wildman–Crippen LogP) is 4.65. The van der Waals surface area contributed by atoms with Gasteiger partial charge in [-0.1, -0.05) is 26.7 Å². The van der Waals surface area contributed by atoms with Crippen LogP contribution in [0, 0.1) is 0 Å². The summed E-state index contributed by atoms with van der Waals surface area (Å²) in [5, 5.41) is 18.0. The third kappa shape index (κ3) is 18.8. The number of aliphatic carboxylic acids is 2. The van der Waals surface area contributed by atoms with E-state index >= 15 is 0 Å². The first-order chi connectivity index (χ1) is 13.0. The standard InChI is InChI=1S/C12H22O6.2C4H9.Sn/c1-3-5-7-17-9(11(13)14)10(12(15)16)18-8-6-4-2;2*1-3-4-2;/h9-10H,3-8H2,1-2H3,(H,13,14)(H,15,16);2*1,3-4H2,2H3;. The molecule has 0 saturated carbocycles. The Labute approximate surface area is 175 Å². The Hall–Kier alpha value is -0.341. The van der Waals surface area contributed by atoms with Gasteiger partial charge in [0.1, 0.15) is 0 Å². The van der Waals surface area contributed by atoms with Crippen molar-refractivity contribution in [3.05, 3.63) is 0 Å². The number of carbonyl (C=O) groups is 2. The van der Waals surface area contributed by atoms with Crippen LogP contribution in [0.25, 0.3) is 0 Å². The molecule has 0 heterocycles. The second-order valence-corrected chi connectivity index (χ2v) is 10.7. The predicted molar refractivity (Wildman–Crippen MR) is 110 cm³/mol. The van der Waals surface area contributed by atoms with Crippen molar-refractivity contribution in [1.29, 1.82) is 0 Å². The molecule has 0 fully saturated rings. The average Bonchev–Trinajstić information content (AvgIpc) is 2.63. The van der Waals surface area contributed by atoms with E-state index in [0.717, 1.165) is 12.8 Å². The second-order valence-electron chi connectivity index (χ2n) is 6.42. The van der Waals surface area contributed by atoms with Gasteiger partial charge in [0.25, 0.3) is 0 Å². The number of unbranched alkanes of at least 4 members (excludes halogenated alkanes) is 4. The zero-order chi connectivity index (χ0) is 20.9. The third-order valence-electron chi connectivity index (χ3n) is 3.77. The van der Waals surface area contributed by atoms with Crippen LogP contribution in [0.5, 0.6) is 0 Å². The normalized spacial score (nSPS) is 12.7. The van der Waals surface area contributed by atoms with E-state index in [4.69, 9.17) is 19.7 Å². The number of carboxylic acids is 2. The quantitative estimate of drug-likeness (QED) is 0.226. The number of carboxylic acid groups (broad SMARTS) is 2. The fourth-order valence-corrected chi connectivity index (χ4v) is 6.17. The van der Waals surface area contributed by atoms with Crippen molar-refractivity contribution in [2.45, 2.75) is 100 Å². The molecule has 0 aliphatic heterocycles. The Bertz CT molecular complexity index is 319. The summed E-state index contributed by atoms with van der Waals surface area (Å²) in [4.78, 5) is 22.0. The van der Waals surface area contributed by atoms with E-state index < -0.39 is 24.1 Å².